The van der Waals surface area contributed by atoms with Gasteiger partial charge in [0, 0.05) is 5.56 Å². The second-order valence-electron chi connectivity index (χ2n) is 7.80. The van der Waals surface area contributed by atoms with E-state index in [1.54, 1.807) is 0 Å². The predicted molar refractivity (Wildman–Crippen MR) is 110 cm³/mol. The molecule has 0 fully saturated rings. The van der Waals surface area contributed by atoms with E-state index in [1.807, 2.05) is 51.1 Å². The van der Waals surface area contributed by atoms with Crippen molar-refractivity contribution in [3.63, 3.8) is 0 Å². The van der Waals surface area contributed by atoms with Crippen LogP contribution >= 0.6 is 0 Å². The van der Waals surface area contributed by atoms with E-state index in [9.17, 15) is 8.42 Å². The van der Waals surface area contributed by atoms with E-state index in [1.165, 1.54) is 0 Å². The molecular weight excluding hydrogens is 376 g/mol. The zero-order valence-electron chi connectivity index (χ0n) is 17.2. The number of rotatable bonds is 6. The summed E-state index contributed by atoms with van der Waals surface area (Å²) < 4.78 is 40.2. The highest BCUT2D eigenvalue weighted by molar-refractivity contribution is 7.85. The molecule has 2 aromatic carbocycles. The lowest BCUT2D eigenvalue weighted by Gasteiger charge is -2.37. The highest BCUT2D eigenvalue weighted by atomic mass is 32.2. The van der Waals surface area contributed by atoms with Gasteiger partial charge in [-0.2, -0.15) is 8.42 Å². The first-order chi connectivity index (χ1) is 13.1. The Morgan fingerprint density at radius 1 is 1.07 bits per heavy atom. The Morgan fingerprint density at radius 2 is 1.75 bits per heavy atom. The van der Waals surface area contributed by atoms with E-state index in [0.29, 0.717) is 13.0 Å². The summed E-state index contributed by atoms with van der Waals surface area (Å²) in [4.78, 5) is 0. The molecule has 5 nitrogen and oxygen atoms in total. The molecule has 0 radical (unpaired) electrons. The van der Waals surface area contributed by atoms with E-state index in [0.717, 1.165) is 52.0 Å². The second-order valence-corrected chi connectivity index (χ2v) is 9.45. The van der Waals surface area contributed by atoms with Crippen LogP contribution in [0.1, 0.15) is 41.2 Å². The van der Waals surface area contributed by atoms with Gasteiger partial charge in [0.25, 0.3) is 10.1 Å². The Hall–Kier alpha value is -2.05. The van der Waals surface area contributed by atoms with Gasteiger partial charge in [-0.05, 0) is 62.8 Å². The first-order valence-electron chi connectivity index (χ1n) is 9.42. The van der Waals surface area contributed by atoms with Crippen LogP contribution < -0.4 is 9.47 Å². The molecule has 0 spiro atoms. The molecule has 6 heteroatoms. The smallest absolute Gasteiger partial charge is 0.264 e. The summed E-state index contributed by atoms with van der Waals surface area (Å²) in [7, 11) is -3.51. The van der Waals surface area contributed by atoms with Crippen molar-refractivity contribution >= 4 is 10.1 Å². The van der Waals surface area contributed by atoms with Gasteiger partial charge in [0.2, 0.25) is 0 Å². The zero-order chi connectivity index (χ0) is 20.5. The monoisotopic (exact) mass is 404 g/mol. The predicted octanol–water partition coefficient (Wildman–Crippen LogP) is 4.25. The highest BCUT2D eigenvalue weighted by Gasteiger charge is 2.36. The molecule has 0 amide bonds. The molecular formula is C22H28O5S. The molecule has 1 aliphatic rings. The van der Waals surface area contributed by atoms with Crippen molar-refractivity contribution < 1.29 is 22.1 Å². The van der Waals surface area contributed by atoms with Crippen LogP contribution in [-0.4, -0.2) is 26.9 Å². The fourth-order valence-corrected chi connectivity index (χ4v) is 4.02. The lowest BCUT2D eigenvalue weighted by Crippen LogP contribution is -2.42. The molecule has 1 aliphatic heterocycles. The molecule has 0 bridgehead atoms. The maximum Gasteiger partial charge on any atom is 0.264 e. The van der Waals surface area contributed by atoms with Crippen molar-refractivity contribution in [1.29, 1.82) is 0 Å². The summed E-state index contributed by atoms with van der Waals surface area (Å²) in [6, 6.07) is 10.1. The quantitative estimate of drug-likeness (QED) is 0.674. The number of ether oxygens (including phenoxy) is 2. The van der Waals surface area contributed by atoms with Gasteiger partial charge in [0.1, 0.15) is 30.3 Å². The fraction of sp³-hybridized carbons (Fsp3) is 0.455. The largest absolute Gasteiger partial charge is 0.488 e. The van der Waals surface area contributed by atoms with E-state index >= 15 is 0 Å². The van der Waals surface area contributed by atoms with E-state index in [4.69, 9.17) is 13.7 Å². The fourth-order valence-electron chi connectivity index (χ4n) is 3.56. The second kappa shape index (κ2) is 7.76. The highest BCUT2D eigenvalue weighted by Crippen LogP contribution is 2.44. The summed E-state index contributed by atoms with van der Waals surface area (Å²) in [6.07, 6.45) is 2.52. The summed E-state index contributed by atoms with van der Waals surface area (Å²) in [5.41, 5.74) is 4.72. The number of benzene rings is 2. The first-order valence-corrected chi connectivity index (χ1v) is 11.2. The number of hydrogen-bond donors (Lipinski definition) is 0. The molecule has 1 heterocycles. The third-order valence-corrected chi connectivity index (χ3v) is 5.91. The molecule has 0 saturated carbocycles. The molecule has 152 valence electrons. The molecule has 3 rings (SSSR count). The van der Waals surface area contributed by atoms with E-state index in [2.05, 4.69) is 6.92 Å². The van der Waals surface area contributed by atoms with Crippen molar-refractivity contribution in [3.05, 3.63) is 58.1 Å². The minimum absolute atomic E-state index is 0.00900. The average molecular weight is 405 g/mol. The van der Waals surface area contributed by atoms with Crippen molar-refractivity contribution in [3.8, 4) is 11.5 Å². The molecule has 0 N–H and O–H groups in total. The van der Waals surface area contributed by atoms with Gasteiger partial charge in [-0.25, -0.2) is 0 Å². The molecule has 2 aromatic rings. The van der Waals surface area contributed by atoms with Crippen LogP contribution in [0.5, 0.6) is 11.5 Å². The first kappa shape index (κ1) is 20.7. The Kier molecular flexibility index (Phi) is 5.73. The van der Waals surface area contributed by atoms with Crippen LogP contribution in [0.3, 0.4) is 0 Å². The topological polar surface area (TPSA) is 61.8 Å². The van der Waals surface area contributed by atoms with Gasteiger partial charge >= 0.3 is 0 Å². The lowest BCUT2D eigenvalue weighted by molar-refractivity contribution is 0.0190. The summed E-state index contributed by atoms with van der Waals surface area (Å²) in [5, 5.41) is 0. The minimum Gasteiger partial charge on any atom is -0.488 e. The third kappa shape index (κ3) is 4.50. The summed E-state index contributed by atoms with van der Waals surface area (Å²) >= 11 is 0. The van der Waals surface area contributed by atoms with Crippen LogP contribution in [0.2, 0.25) is 0 Å². The maximum atomic E-state index is 11.4. The van der Waals surface area contributed by atoms with Crippen LogP contribution in [0.4, 0.5) is 0 Å². The lowest BCUT2D eigenvalue weighted by atomic mass is 9.87. The van der Waals surface area contributed by atoms with Crippen molar-refractivity contribution in [2.75, 3.05) is 12.9 Å². The zero-order valence-corrected chi connectivity index (χ0v) is 18.0. The van der Waals surface area contributed by atoms with Gasteiger partial charge in [0.15, 0.2) is 0 Å². The molecule has 0 saturated heterocycles. The Balaban J connectivity index is 1.86. The SMILES string of the molecule is Cc1c(C)c2c(c(C)c1OCc1ccccc1)CC[C@@](C)(COS(C)(=O)=O)O2. The number of hydrogen-bond acceptors (Lipinski definition) is 5. The summed E-state index contributed by atoms with van der Waals surface area (Å²) in [6.45, 7) is 8.53. The normalized spacial score (nSPS) is 19.0. The van der Waals surface area contributed by atoms with Gasteiger partial charge in [-0.1, -0.05) is 30.3 Å². The standard InChI is InChI=1S/C22H28O5S/c1-15-16(2)21-19(11-12-22(4,27-21)14-26-28(5,23)24)17(3)20(15)25-13-18-9-7-6-8-10-18/h6-10H,11-14H2,1-5H3/t22-/m0/s1. The Morgan fingerprint density at radius 3 is 2.39 bits per heavy atom. The van der Waals surface area contributed by atoms with Gasteiger partial charge < -0.3 is 9.47 Å². The van der Waals surface area contributed by atoms with E-state index in [-0.39, 0.29) is 6.61 Å². The third-order valence-electron chi connectivity index (χ3n) is 5.37. The summed E-state index contributed by atoms with van der Waals surface area (Å²) in [5.74, 6) is 1.73. The molecule has 28 heavy (non-hydrogen) atoms. The van der Waals surface area contributed by atoms with Crippen molar-refractivity contribution in [1.82, 2.24) is 0 Å². The Labute approximate surface area is 167 Å². The minimum atomic E-state index is -3.51. The van der Waals surface area contributed by atoms with Crippen LogP contribution in [-0.2, 0) is 27.3 Å². The van der Waals surface area contributed by atoms with Crippen molar-refractivity contribution in [2.45, 2.75) is 52.7 Å². The van der Waals surface area contributed by atoms with Crippen LogP contribution in [0, 0.1) is 20.8 Å². The van der Waals surface area contributed by atoms with Gasteiger partial charge in [0.05, 0.1) is 6.26 Å². The molecule has 0 unspecified atom stereocenters. The van der Waals surface area contributed by atoms with Gasteiger partial charge in [-0.15, -0.1) is 0 Å². The average Bonchev–Trinajstić information content (AvgIpc) is 2.65. The van der Waals surface area contributed by atoms with E-state index < -0.39 is 15.7 Å². The number of fused-ring (bicyclic) bond motifs is 1. The molecule has 0 aromatic heterocycles. The van der Waals surface area contributed by atoms with Crippen LogP contribution in [0.25, 0.3) is 0 Å². The molecule has 1 atom stereocenters. The Bertz CT molecular complexity index is 966. The maximum absolute atomic E-state index is 11.4. The van der Waals surface area contributed by atoms with Crippen molar-refractivity contribution in [2.24, 2.45) is 0 Å². The van der Waals surface area contributed by atoms with Gasteiger partial charge in [-0.3, -0.25) is 4.18 Å². The van der Waals surface area contributed by atoms with Crippen LogP contribution in [0.15, 0.2) is 30.3 Å². The molecule has 0 aliphatic carbocycles.